The molecule has 0 aliphatic carbocycles. The average molecular weight is 417 g/mol. The lowest BCUT2D eigenvalue weighted by atomic mass is 10.0. The van der Waals surface area contributed by atoms with E-state index in [2.05, 4.69) is 14.5 Å². The highest BCUT2D eigenvalue weighted by atomic mass is 19.4. The Bertz CT molecular complexity index is 1020. The molecule has 0 atom stereocenters. The summed E-state index contributed by atoms with van der Waals surface area (Å²) in [6, 6.07) is 10.4. The van der Waals surface area contributed by atoms with Gasteiger partial charge >= 0.3 is 12.7 Å². The summed E-state index contributed by atoms with van der Waals surface area (Å²) in [5, 5.41) is 0. The Labute approximate surface area is 159 Å². The van der Waals surface area contributed by atoms with E-state index < -0.39 is 30.0 Å². The van der Waals surface area contributed by atoms with Crippen LogP contribution in [0.2, 0.25) is 0 Å². The van der Waals surface area contributed by atoms with Gasteiger partial charge in [-0.1, -0.05) is 24.3 Å². The second-order valence-electron chi connectivity index (χ2n) is 5.70. The van der Waals surface area contributed by atoms with E-state index in [4.69, 9.17) is 0 Å². The van der Waals surface area contributed by atoms with Gasteiger partial charge in [0.05, 0.1) is 5.69 Å². The summed E-state index contributed by atoms with van der Waals surface area (Å²) in [6.07, 6.45) is -8.72. The fraction of sp³-hybridized carbons (Fsp3) is 0.105. The van der Waals surface area contributed by atoms with Crippen LogP contribution in [-0.4, -0.2) is 17.7 Å². The van der Waals surface area contributed by atoms with Gasteiger partial charge < -0.3 is 9.47 Å². The van der Waals surface area contributed by atoms with Crippen LogP contribution in [0.1, 0.15) is 0 Å². The Balaban J connectivity index is 1.90. The maximum atomic E-state index is 14.5. The molecule has 1 aromatic heterocycles. The topological polar surface area (TPSA) is 31.4 Å². The van der Waals surface area contributed by atoms with Gasteiger partial charge in [-0.05, 0) is 29.8 Å². The number of alkyl halides is 6. The molecule has 29 heavy (non-hydrogen) atoms. The highest BCUT2D eigenvalue weighted by molar-refractivity contribution is 5.69. The maximum absolute atomic E-state index is 14.5. The van der Waals surface area contributed by atoms with Crippen LogP contribution >= 0.6 is 0 Å². The Hall–Kier alpha value is -3.30. The Morgan fingerprint density at radius 3 is 1.72 bits per heavy atom. The fourth-order valence-electron chi connectivity index (χ4n) is 2.51. The SMILES string of the molecule is Fc1cc(-c2cccc(OC(F)(F)F)c2)ncc1-c1cccc(OC(F)(F)F)c1. The molecule has 152 valence electrons. The van der Waals surface area contributed by atoms with Crippen molar-refractivity contribution in [2.75, 3.05) is 0 Å². The van der Waals surface area contributed by atoms with E-state index >= 15 is 0 Å². The highest BCUT2D eigenvalue weighted by Crippen LogP contribution is 2.32. The van der Waals surface area contributed by atoms with Crippen molar-refractivity contribution in [2.24, 2.45) is 0 Å². The molecule has 0 aliphatic rings. The second kappa shape index (κ2) is 7.61. The van der Waals surface area contributed by atoms with Crippen molar-refractivity contribution in [1.82, 2.24) is 4.98 Å². The Morgan fingerprint density at radius 1 is 0.690 bits per heavy atom. The zero-order chi connectivity index (χ0) is 21.2. The van der Waals surface area contributed by atoms with Crippen LogP contribution in [0.3, 0.4) is 0 Å². The van der Waals surface area contributed by atoms with Gasteiger partial charge in [-0.2, -0.15) is 0 Å². The smallest absolute Gasteiger partial charge is 0.406 e. The molecule has 10 heteroatoms. The van der Waals surface area contributed by atoms with Gasteiger partial charge in [-0.3, -0.25) is 4.98 Å². The second-order valence-corrected chi connectivity index (χ2v) is 5.70. The first-order valence-corrected chi connectivity index (χ1v) is 7.88. The summed E-state index contributed by atoms with van der Waals surface area (Å²) < 4.78 is 96.2. The molecule has 3 nitrogen and oxygen atoms in total. The van der Waals surface area contributed by atoms with Crippen molar-refractivity contribution in [3.63, 3.8) is 0 Å². The van der Waals surface area contributed by atoms with Crippen LogP contribution in [0.25, 0.3) is 22.4 Å². The molecule has 0 unspecified atom stereocenters. The van der Waals surface area contributed by atoms with Crippen LogP contribution in [0.5, 0.6) is 11.5 Å². The molecule has 0 bridgehead atoms. The third-order valence-corrected chi connectivity index (χ3v) is 3.60. The van der Waals surface area contributed by atoms with Crippen LogP contribution in [0.15, 0.2) is 60.8 Å². The molecular weight excluding hydrogens is 407 g/mol. The third-order valence-electron chi connectivity index (χ3n) is 3.60. The molecule has 2 aromatic carbocycles. The molecule has 0 saturated carbocycles. The minimum absolute atomic E-state index is 0.0153. The Morgan fingerprint density at radius 2 is 1.21 bits per heavy atom. The minimum atomic E-state index is -4.90. The van der Waals surface area contributed by atoms with Gasteiger partial charge in [-0.15, -0.1) is 26.3 Å². The molecule has 0 spiro atoms. The summed E-state index contributed by atoms with van der Waals surface area (Å²) in [6.45, 7) is 0. The van der Waals surface area contributed by atoms with Gasteiger partial charge in [-0.25, -0.2) is 4.39 Å². The minimum Gasteiger partial charge on any atom is -0.406 e. The van der Waals surface area contributed by atoms with Gasteiger partial charge in [0.25, 0.3) is 0 Å². The van der Waals surface area contributed by atoms with Crippen LogP contribution < -0.4 is 9.47 Å². The van der Waals surface area contributed by atoms with Crippen molar-refractivity contribution in [3.05, 3.63) is 66.6 Å². The molecule has 0 N–H and O–H groups in total. The molecule has 0 fully saturated rings. The van der Waals surface area contributed by atoms with Crippen LogP contribution in [0.4, 0.5) is 30.7 Å². The summed E-state index contributed by atoms with van der Waals surface area (Å²) in [7, 11) is 0. The number of pyridine rings is 1. The third kappa shape index (κ3) is 5.59. The van der Waals surface area contributed by atoms with Crippen molar-refractivity contribution in [3.8, 4) is 33.9 Å². The zero-order valence-corrected chi connectivity index (χ0v) is 14.2. The fourth-order valence-corrected chi connectivity index (χ4v) is 2.51. The number of ether oxygens (including phenoxy) is 2. The zero-order valence-electron chi connectivity index (χ0n) is 14.2. The van der Waals surface area contributed by atoms with Gasteiger partial charge in [0.1, 0.15) is 17.3 Å². The number of hydrogen-bond donors (Lipinski definition) is 0. The first-order chi connectivity index (χ1) is 13.5. The van der Waals surface area contributed by atoms with Gasteiger partial charge in [0.2, 0.25) is 0 Å². The van der Waals surface area contributed by atoms with E-state index in [1.54, 1.807) is 0 Å². The van der Waals surface area contributed by atoms with Crippen LogP contribution in [0, 0.1) is 5.82 Å². The molecular formula is C19H10F7NO2. The number of halogens is 7. The number of aromatic nitrogens is 1. The van der Waals surface area contributed by atoms with E-state index in [9.17, 15) is 30.7 Å². The molecule has 3 aromatic rings. The van der Waals surface area contributed by atoms with Crippen molar-refractivity contribution in [1.29, 1.82) is 0 Å². The summed E-state index contributed by atoms with van der Waals surface area (Å²) in [5.41, 5.74) is 0.148. The first kappa shape index (κ1) is 20.4. The van der Waals surface area contributed by atoms with E-state index in [1.807, 2.05) is 0 Å². The molecule has 1 heterocycles. The van der Waals surface area contributed by atoms with Crippen molar-refractivity contribution < 1.29 is 40.2 Å². The highest BCUT2D eigenvalue weighted by Gasteiger charge is 2.32. The van der Waals surface area contributed by atoms with E-state index in [0.717, 1.165) is 36.5 Å². The molecule has 0 amide bonds. The molecule has 0 aliphatic heterocycles. The van der Waals surface area contributed by atoms with E-state index in [0.29, 0.717) is 0 Å². The first-order valence-electron chi connectivity index (χ1n) is 7.88. The monoisotopic (exact) mass is 417 g/mol. The van der Waals surface area contributed by atoms with E-state index in [1.165, 1.54) is 24.3 Å². The largest absolute Gasteiger partial charge is 0.573 e. The van der Waals surface area contributed by atoms with Crippen molar-refractivity contribution >= 4 is 0 Å². The summed E-state index contributed by atoms with van der Waals surface area (Å²) >= 11 is 0. The number of rotatable bonds is 4. The molecule has 0 saturated heterocycles. The van der Waals surface area contributed by atoms with Gasteiger partial charge in [0, 0.05) is 23.4 Å². The van der Waals surface area contributed by atoms with E-state index in [-0.39, 0.29) is 22.4 Å². The number of benzene rings is 2. The standard InChI is InChI=1S/C19H10F7NO2/c20-16-9-17(12-4-2-6-14(8-12)29-19(24,25)26)27-10-15(16)11-3-1-5-13(7-11)28-18(21,22)23/h1-10H. The lowest BCUT2D eigenvalue weighted by molar-refractivity contribution is -0.275. The normalized spacial score (nSPS) is 12.0. The number of hydrogen-bond acceptors (Lipinski definition) is 3. The van der Waals surface area contributed by atoms with Crippen molar-refractivity contribution in [2.45, 2.75) is 12.7 Å². The lowest BCUT2D eigenvalue weighted by Crippen LogP contribution is -2.17. The quantitative estimate of drug-likeness (QED) is 0.464. The predicted octanol–water partition coefficient (Wildman–Crippen LogP) is 6.35. The van der Waals surface area contributed by atoms with Gasteiger partial charge in [0.15, 0.2) is 0 Å². The predicted molar refractivity (Wildman–Crippen MR) is 88.4 cm³/mol. The lowest BCUT2D eigenvalue weighted by Gasteiger charge is -2.12. The summed E-state index contributed by atoms with van der Waals surface area (Å²) in [4.78, 5) is 3.99. The number of nitrogens with zero attached hydrogens (tertiary/aromatic N) is 1. The summed E-state index contributed by atoms with van der Waals surface area (Å²) in [5.74, 6) is -1.87. The van der Waals surface area contributed by atoms with Crippen LogP contribution in [-0.2, 0) is 0 Å². The maximum Gasteiger partial charge on any atom is 0.573 e. The Kier molecular flexibility index (Phi) is 5.36. The molecule has 0 radical (unpaired) electrons. The average Bonchev–Trinajstić information content (AvgIpc) is 2.59. The molecule has 3 rings (SSSR count).